The number of nitrogens with zero attached hydrogens (tertiary/aromatic N) is 1. The van der Waals surface area contributed by atoms with Crippen LogP contribution in [0.3, 0.4) is 0 Å². The average molecular weight is 249 g/mol. The molecule has 0 atom stereocenters. The van der Waals surface area contributed by atoms with Gasteiger partial charge in [0, 0.05) is 5.56 Å². The molecule has 0 aliphatic rings. The Hall–Kier alpha value is -0.750. The number of halogens is 1. The van der Waals surface area contributed by atoms with Gasteiger partial charge < -0.3 is 4.98 Å². The number of aromatic amines is 1. The predicted molar refractivity (Wildman–Crippen MR) is 50.7 cm³/mol. The summed E-state index contributed by atoms with van der Waals surface area (Å²) in [7, 11) is 0. The highest BCUT2D eigenvalue weighted by atomic mass is 79.9. The van der Waals surface area contributed by atoms with Crippen molar-refractivity contribution in [2.75, 3.05) is 0 Å². The molecular weight excluding hydrogens is 244 g/mol. The molecule has 0 fully saturated rings. The molecule has 0 aromatic carbocycles. The molecular formula is C6H5BrN2O2S. The lowest BCUT2D eigenvalue weighted by molar-refractivity contribution is -0.385. The van der Waals surface area contributed by atoms with Crippen LogP contribution in [0, 0.1) is 21.7 Å². The van der Waals surface area contributed by atoms with Gasteiger partial charge in [-0.2, -0.15) is 0 Å². The third kappa shape index (κ3) is 1.54. The van der Waals surface area contributed by atoms with Gasteiger partial charge in [-0.3, -0.25) is 10.1 Å². The van der Waals surface area contributed by atoms with Gasteiger partial charge in [0.1, 0.15) is 4.64 Å². The molecule has 1 N–H and O–H groups in total. The van der Waals surface area contributed by atoms with Crippen molar-refractivity contribution in [3.63, 3.8) is 0 Å². The van der Waals surface area contributed by atoms with E-state index in [9.17, 15) is 10.1 Å². The molecule has 0 saturated heterocycles. The Morgan fingerprint density at radius 1 is 1.75 bits per heavy atom. The average Bonchev–Trinajstić information content (AvgIpc) is 2.00. The number of hydrogen-bond donors (Lipinski definition) is 1. The van der Waals surface area contributed by atoms with Crippen LogP contribution in [0.4, 0.5) is 5.69 Å². The molecule has 4 nitrogen and oxygen atoms in total. The van der Waals surface area contributed by atoms with Crippen LogP contribution in [0.1, 0.15) is 5.56 Å². The number of nitro groups is 1. The summed E-state index contributed by atoms with van der Waals surface area (Å²) in [6.07, 6.45) is 1.29. The van der Waals surface area contributed by atoms with E-state index in [4.69, 9.17) is 12.2 Å². The van der Waals surface area contributed by atoms with E-state index in [0.717, 1.165) is 0 Å². The van der Waals surface area contributed by atoms with Crippen LogP contribution in [0.15, 0.2) is 10.7 Å². The summed E-state index contributed by atoms with van der Waals surface area (Å²) >= 11 is 8.02. The van der Waals surface area contributed by atoms with Crippen molar-refractivity contribution in [3.8, 4) is 0 Å². The first-order valence-corrected chi connectivity index (χ1v) is 4.26. The minimum absolute atomic E-state index is 0.0375. The van der Waals surface area contributed by atoms with E-state index in [-0.39, 0.29) is 5.69 Å². The highest BCUT2D eigenvalue weighted by Gasteiger charge is 2.12. The van der Waals surface area contributed by atoms with Crippen LogP contribution in [-0.2, 0) is 0 Å². The fourth-order valence-corrected chi connectivity index (χ4v) is 1.31. The molecule has 1 aromatic heterocycles. The highest BCUT2D eigenvalue weighted by molar-refractivity contribution is 9.10. The van der Waals surface area contributed by atoms with Crippen molar-refractivity contribution >= 4 is 33.8 Å². The van der Waals surface area contributed by atoms with Crippen LogP contribution in [0.2, 0.25) is 0 Å². The summed E-state index contributed by atoms with van der Waals surface area (Å²) in [6, 6.07) is 0. The van der Waals surface area contributed by atoms with Gasteiger partial charge in [-0.15, -0.1) is 0 Å². The van der Waals surface area contributed by atoms with Crippen LogP contribution >= 0.6 is 28.1 Å². The van der Waals surface area contributed by atoms with Crippen LogP contribution in [0.25, 0.3) is 0 Å². The lowest BCUT2D eigenvalue weighted by Crippen LogP contribution is -1.94. The summed E-state index contributed by atoms with van der Waals surface area (Å²) in [6.45, 7) is 1.64. The maximum Gasteiger partial charge on any atom is 0.289 e. The first-order valence-electron chi connectivity index (χ1n) is 3.06. The molecule has 64 valence electrons. The largest absolute Gasteiger partial charge is 0.346 e. The van der Waals surface area contributed by atoms with E-state index in [2.05, 4.69) is 20.9 Å². The second-order valence-corrected chi connectivity index (χ2v) is 3.40. The maximum absolute atomic E-state index is 10.4. The van der Waals surface area contributed by atoms with Crippen molar-refractivity contribution in [3.05, 3.63) is 31.0 Å². The van der Waals surface area contributed by atoms with E-state index >= 15 is 0 Å². The Morgan fingerprint density at radius 3 is 2.83 bits per heavy atom. The lowest BCUT2D eigenvalue weighted by Gasteiger charge is -1.98. The smallest absolute Gasteiger partial charge is 0.289 e. The Balaban J connectivity index is 3.47. The molecule has 0 saturated carbocycles. The molecule has 0 bridgehead atoms. The van der Waals surface area contributed by atoms with Gasteiger partial charge in [0.25, 0.3) is 5.69 Å². The molecule has 1 aromatic rings. The second kappa shape index (κ2) is 3.32. The second-order valence-electron chi connectivity index (χ2n) is 2.20. The van der Waals surface area contributed by atoms with Gasteiger partial charge >= 0.3 is 0 Å². The Kier molecular flexibility index (Phi) is 2.58. The van der Waals surface area contributed by atoms with Crippen LogP contribution < -0.4 is 0 Å². The van der Waals surface area contributed by atoms with Gasteiger partial charge in [-0.25, -0.2) is 0 Å². The maximum atomic E-state index is 10.4. The summed E-state index contributed by atoms with van der Waals surface area (Å²) in [5, 5.41) is 10.4. The summed E-state index contributed by atoms with van der Waals surface area (Å²) < 4.78 is 1.05. The topological polar surface area (TPSA) is 58.9 Å². The summed E-state index contributed by atoms with van der Waals surface area (Å²) in [4.78, 5) is 12.6. The monoisotopic (exact) mass is 248 g/mol. The van der Waals surface area contributed by atoms with Crippen LogP contribution in [0.5, 0.6) is 0 Å². The van der Waals surface area contributed by atoms with Gasteiger partial charge in [0.2, 0.25) is 0 Å². The highest BCUT2D eigenvalue weighted by Crippen LogP contribution is 2.24. The first-order chi connectivity index (χ1) is 5.54. The Morgan fingerprint density at radius 2 is 2.33 bits per heavy atom. The van der Waals surface area contributed by atoms with Gasteiger partial charge in [0.05, 0.1) is 15.6 Å². The normalized spacial score (nSPS) is 9.83. The molecule has 1 heterocycles. The third-order valence-corrected chi connectivity index (χ3v) is 3.03. The first kappa shape index (κ1) is 9.34. The van der Waals surface area contributed by atoms with Gasteiger partial charge in [-0.1, -0.05) is 12.2 Å². The third-order valence-electron chi connectivity index (χ3n) is 1.45. The SMILES string of the molecule is Cc1c([N+](=O)[O-])c[nH]c(=S)c1Br. The van der Waals surface area contributed by atoms with Crippen LogP contribution in [-0.4, -0.2) is 9.91 Å². The number of nitrogens with one attached hydrogen (secondary N) is 1. The van der Waals surface area contributed by atoms with Crippen molar-refractivity contribution in [2.45, 2.75) is 6.92 Å². The molecule has 1 rings (SSSR count). The Labute approximate surface area is 81.9 Å². The minimum atomic E-state index is -0.453. The zero-order valence-electron chi connectivity index (χ0n) is 6.13. The zero-order chi connectivity index (χ0) is 9.30. The molecule has 0 unspecified atom stereocenters. The molecule has 0 aliphatic heterocycles. The molecule has 12 heavy (non-hydrogen) atoms. The molecule has 0 radical (unpaired) electrons. The van der Waals surface area contributed by atoms with E-state index in [1.807, 2.05) is 0 Å². The minimum Gasteiger partial charge on any atom is -0.346 e. The van der Waals surface area contributed by atoms with Crippen molar-refractivity contribution in [1.29, 1.82) is 0 Å². The fraction of sp³-hybridized carbons (Fsp3) is 0.167. The number of rotatable bonds is 1. The summed E-state index contributed by atoms with van der Waals surface area (Å²) in [5.41, 5.74) is 0.583. The molecule has 0 spiro atoms. The standard InChI is InChI=1S/C6H5BrN2O2S/c1-3-4(9(10)11)2-8-6(12)5(3)7/h2H,1H3,(H,8,12). The molecule has 0 amide bonds. The fourth-order valence-electron chi connectivity index (χ4n) is 0.778. The predicted octanol–water partition coefficient (Wildman–Crippen LogP) is 2.72. The lowest BCUT2D eigenvalue weighted by atomic mass is 10.3. The van der Waals surface area contributed by atoms with Crippen molar-refractivity contribution in [2.24, 2.45) is 0 Å². The number of pyridine rings is 1. The Bertz CT molecular complexity index is 388. The molecule has 6 heteroatoms. The summed E-state index contributed by atoms with van der Waals surface area (Å²) in [5.74, 6) is 0. The quantitative estimate of drug-likeness (QED) is 0.473. The zero-order valence-corrected chi connectivity index (χ0v) is 8.53. The number of aromatic nitrogens is 1. The van der Waals surface area contributed by atoms with Gasteiger partial charge in [-0.05, 0) is 22.9 Å². The van der Waals surface area contributed by atoms with Crippen molar-refractivity contribution < 1.29 is 4.92 Å². The van der Waals surface area contributed by atoms with E-state index in [0.29, 0.717) is 14.7 Å². The van der Waals surface area contributed by atoms with Gasteiger partial charge in [0.15, 0.2) is 0 Å². The van der Waals surface area contributed by atoms with E-state index in [1.54, 1.807) is 6.92 Å². The van der Waals surface area contributed by atoms with Crippen molar-refractivity contribution in [1.82, 2.24) is 4.98 Å². The molecule has 0 aliphatic carbocycles. The van der Waals surface area contributed by atoms with E-state index in [1.165, 1.54) is 6.20 Å². The number of H-pyrrole nitrogens is 1. The number of hydrogen-bond acceptors (Lipinski definition) is 3. The van der Waals surface area contributed by atoms with E-state index < -0.39 is 4.92 Å².